The van der Waals surface area contributed by atoms with E-state index in [1.165, 1.54) is 24.5 Å². The van der Waals surface area contributed by atoms with Crippen molar-refractivity contribution in [3.05, 3.63) is 23.0 Å². The highest BCUT2D eigenvalue weighted by Gasteiger charge is 2.07. The molecule has 2 nitrogen and oxygen atoms in total. The Balaban J connectivity index is 2.72. The summed E-state index contributed by atoms with van der Waals surface area (Å²) in [5, 5.41) is 0.933. The van der Waals surface area contributed by atoms with E-state index in [0.717, 1.165) is 15.2 Å². The van der Waals surface area contributed by atoms with Crippen LogP contribution in [0.1, 0.15) is 5.01 Å². The van der Waals surface area contributed by atoms with Gasteiger partial charge in [-0.05, 0) is 13.0 Å². The first-order valence-corrected chi connectivity index (χ1v) is 4.63. The molecule has 0 saturated heterocycles. The summed E-state index contributed by atoms with van der Waals surface area (Å²) in [5.74, 6) is -0.0866. The maximum atomic E-state index is 13.2. The molecule has 1 aromatic heterocycles. The van der Waals surface area contributed by atoms with Crippen molar-refractivity contribution in [2.75, 3.05) is 7.11 Å². The number of thiazole rings is 1. The molecule has 0 atom stereocenters. The molecule has 0 fully saturated rings. The molecule has 0 amide bonds. The van der Waals surface area contributed by atoms with Gasteiger partial charge in [-0.1, -0.05) is 0 Å². The quantitative estimate of drug-likeness (QED) is 0.701. The van der Waals surface area contributed by atoms with Crippen LogP contribution in [0.4, 0.5) is 4.39 Å². The second kappa shape index (κ2) is 2.96. The minimum Gasteiger partial charge on any atom is -0.494 e. The van der Waals surface area contributed by atoms with E-state index in [1.54, 1.807) is 6.07 Å². The molecule has 68 valence electrons. The van der Waals surface area contributed by atoms with Gasteiger partial charge >= 0.3 is 0 Å². The van der Waals surface area contributed by atoms with Gasteiger partial charge in [0.25, 0.3) is 0 Å². The zero-order valence-electron chi connectivity index (χ0n) is 7.30. The van der Waals surface area contributed by atoms with Crippen LogP contribution in [0.3, 0.4) is 0 Å². The van der Waals surface area contributed by atoms with E-state index in [1.807, 2.05) is 6.92 Å². The number of methoxy groups -OCH3 is 1. The van der Waals surface area contributed by atoms with E-state index in [-0.39, 0.29) is 11.6 Å². The lowest BCUT2D eigenvalue weighted by Gasteiger charge is -1.99. The van der Waals surface area contributed by atoms with Gasteiger partial charge in [-0.15, -0.1) is 11.3 Å². The number of benzene rings is 1. The summed E-state index contributed by atoms with van der Waals surface area (Å²) in [5.41, 5.74) is 0.792. The minimum absolute atomic E-state index is 0.248. The SMILES string of the molecule is COc1cc2nc(C)sc2cc1F. The fraction of sp³-hybridized carbons (Fsp3) is 0.222. The Kier molecular flexibility index (Phi) is 1.92. The number of aryl methyl sites for hydroxylation is 1. The van der Waals surface area contributed by atoms with Crippen LogP contribution in [-0.2, 0) is 0 Å². The van der Waals surface area contributed by atoms with Gasteiger partial charge in [-0.3, -0.25) is 0 Å². The van der Waals surface area contributed by atoms with Crippen LogP contribution in [0.15, 0.2) is 12.1 Å². The minimum atomic E-state index is -0.335. The van der Waals surface area contributed by atoms with Gasteiger partial charge in [0.2, 0.25) is 0 Å². The number of ether oxygens (including phenoxy) is 1. The molecule has 0 aliphatic heterocycles. The van der Waals surface area contributed by atoms with E-state index in [0.29, 0.717) is 0 Å². The Morgan fingerprint density at radius 3 is 2.92 bits per heavy atom. The molecule has 0 spiro atoms. The van der Waals surface area contributed by atoms with Crippen molar-refractivity contribution in [2.45, 2.75) is 6.92 Å². The summed E-state index contributed by atoms with van der Waals surface area (Å²) < 4.78 is 18.9. The highest BCUT2D eigenvalue weighted by molar-refractivity contribution is 7.18. The predicted octanol–water partition coefficient (Wildman–Crippen LogP) is 2.75. The van der Waals surface area contributed by atoms with E-state index in [9.17, 15) is 4.39 Å². The summed E-state index contributed by atoms with van der Waals surface area (Å²) in [4.78, 5) is 4.23. The van der Waals surface area contributed by atoms with Gasteiger partial charge in [-0.2, -0.15) is 0 Å². The molecule has 4 heteroatoms. The summed E-state index contributed by atoms with van der Waals surface area (Å²) in [7, 11) is 1.45. The highest BCUT2D eigenvalue weighted by atomic mass is 32.1. The number of nitrogens with zero attached hydrogens (tertiary/aromatic N) is 1. The van der Waals surface area contributed by atoms with Gasteiger partial charge in [0.15, 0.2) is 11.6 Å². The Hall–Kier alpha value is -1.16. The molecule has 0 N–H and O–H groups in total. The predicted molar refractivity (Wildman–Crippen MR) is 50.9 cm³/mol. The average Bonchev–Trinajstić information content (AvgIpc) is 2.42. The van der Waals surface area contributed by atoms with Gasteiger partial charge < -0.3 is 4.74 Å². The fourth-order valence-electron chi connectivity index (χ4n) is 1.20. The maximum absolute atomic E-state index is 13.2. The second-order valence-electron chi connectivity index (χ2n) is 2.69. The standard InChI is InChI=1S/C9H8FNOS/c1-5-11-7-4-8(12-2)6(10)3-9(7)13-5/h3-4H,1-2H3. The number of halogens is 1. The van der Waals surface area contributed by atoms with Crippen molar-refractivity contribution in [3.8, 4) is 5.75 Å². The molecule has 1 aromatic carbocycles. The molecule has 0 aliphatic rings. The molecule has 0 saturated carbocycles. The van der Waals surface area contributed by atoms with E-state index in [4.69, 9.17) is 4.74 Å². The number of hydrogen-bond donors (Lipinski definition) is 0. The number of fused-ring (bicyclic) bond motifs is 1. The van der Waals surface area contributed by atoms with Crippen molar-refractivity contribution in [1.82, 2.24) is 4.98 Å². The topological polar surface area (TPSA) is 22.1 Å². The van der Waals surface area contributed by atoms with Gasteiger partial charge in [0.05, 0.1) is 22.3 Å². The zero-order valence-corrected chi connectivity index (χ0v) is 8.11. The Labute approximate surface area is 79.0 Å². The summed E-state index contributed by atoms with van der Waals surface area (Å²) >= 11 is 1.48. The van der Waals surface area contributed by atoms with Crippen molar-refractivity contribution >= 4 is 21.6 Å². The van der Waals surface area contributed by atoms with Gasteiger partial charge in [0, 0.05) is 6.07 Å². The first kappa shape index (κ1) is 8.44. The van der Waals surface area contributed by atoms with Crippen molar-refractivity contribution in [2.24, 2.45) is 0 Å². The summed E-state index contributed by atoms with van der Waals surface area (Å²) in [6.07, 6.45) is 0. The van der Waals surface area contributed by atoms with Gasteiger partial charge in [-0.25, -0.2) is 9.37 Å². The number of hydrogen-bond acceptors (Lipinski definition) is 3. The third-order valence-corrected chi connectivity index (χ3v) is 2.70. The first-order chi connectivity index (χ1) is 6.20. The van der Waals surface area contributed by atoms with Crippen LogP contribution in [0.25, 0.3) is 10.2 Å². The molecule has 0 bridgehead atoms. The number of rotatable bonds is 1. The van der Waals surface area contributed by atoms with Crippen molar-refractivity contribution in [1.29, 1.82) is 0 Å². The molecule has 2 aromatic rings. The van der Waals surface area contributed by atoms with E-state index >= 15 is 0 Å². The molecule has 13 heavy (non-hydrogen) atoms. The van der Waals surface area contributed by atoms with Crippen molar-refractivity contribution in [3.63, 3.8) is 0 Å². The normalized spacial score (nSPS) is 10.7. The molecular weight excluding hydrogens is 189 g/mol. The third kappa shape index (κ3) is 1.37. The maximum Gasteiger partial charge on any atom is 0.166 e. The molecule has 2 rings (SSSR count). The van der Waals surface area contributed by atoms with Crippen molar-refractivity contribution < 1.29 is 9.13 Å². The van der Waals surface area contributed by atoms with E-state index < -0.39 is 0 Å². The van der Waals surface area contributed by atoms with Crippen LogP contribution in [-0.4, -0.2) is 12.1 Å². The molecule has 1 heterocycles. The lowest BCUT2D eigenvalue weighted by molar-refractivity contribution is 0.387. The zero-order chi connectivity index (χ0) is 9.42. The monoisotopic (exact) mass is 197 g/mol. The number of aromatic nitrogens is 1. The average molecular weight is 197 g/mol. The van der Waals surface area contributed by atoms with Crippen LogP contribution in [0, 0.1) is 12.7 Å². The molecular formula is C9H8FNOS. The Bertz CT molecular complexity index is 452. The highest BCUT2D eigenvalue weighted by Crippen LogP contribution is 2.28. The molecule has 0 aliphatic carbocycles. The van der Waals surface area contributed by atoms with Crippen LogP contribution in [0.5, 0.6) is 5.75 Å². The van der Waals surface area contributed by atoms with Crippen LogP contribution < -0.4 is 4.74 Å². The lowest BCUT2D eigenvalue weighted by Crippen LogP contribution is -1.86. The van der Waals surface area contributed by atoms with E-state index in [2.05, 4.69) is 4.98 Å². The Morgan fingerprint density at radius 2 is 2.23 bits per heavy atom. The van der Waals surface area contributed by atoms with Gasteiger partial charge in [0.1, 0.15) is 0 Å². The molecule has 0 unspecified atom stereocenters. The summed E-state index contributed by atoms with van der Waals surface area (Å²) in [6, 6.07) is 3.08. The van der Waals surface area contributed by atoms with Crippen LogP contribution >= 0.6 is 11.3 Å². The second-order valence-corrected chi connectivity index (χ2v) is 3.92. The first-order valence-electron chi connectivity index (χ1n) is 3.81. The summed E-state index contributed by atoms with van der Waals surface area (Å²) in [6.45, 7) is 1.90. The lowest BCUT2D eigenvalue weighted by atomic mass is 10.3. The Morgan fingerprint density at radius 1 is 1.46 bits per heavy atom. The smallest absolute Gasteiger partial charge is 0.166 e. The molecule has 0 radical (unpaired) electrons. The largest absolute Gasteiger partial charge is 0.494 e. The third-order valence-electron chi connectivity index (χ3n) is 1.77. The van der Waals surface area contributed by atoms with Crippen LogP contribution in [0.2, 0.25) is 0 Å². The fourth-order valence-corrected chi connectivity index (χ4v) is 2.04.